The maximum atomic E-state index is 2.27. The van der Waals surface area contributed by atoms with Gasteiger partial charge in [0, 0.05) is 0 Å². The molecule has 0 unspecified atom stereocenters. The van der Waals surface area contributed by atoms with Gasteiger partial charge in [-0.15, -0.1) is 0 Å². The lowest BCUT2D eigenvalue weighted by Crippen LogP contribution is -2.01. The molecule has 0 aliphatic heterocycles. The first-order valence-electron chi connectivity index (χ1n) is 5.08. The summed E-state index contributed by atoms with van der Waals surface area (Å²) in [6.45, 7) is 4.54. The van der Waals surface area contributed by atoms with Gasteiger partial charge >= 0.3 is 0 Å². The molecule has 0 aromatic carbocycles. The second kappa shape index (κ2) is 4.79. The third-order valence-electron chi connectivity index (χ3n) is 2.67. The summed E-state index contributed by atoms with van der Waals surface area (Å²) in [6, 6.07) is 0. The van der Waals surface area contributed by atoms with Crippen molar-refractivity contribution >= 4 is 0 Å². The van der Waals surface area contributed by atoms with E-state index in [0.717, 1.165) is 5.92 Å². The fourth-order valence-electron chi connectivity index (χ4n) is 2.15. The molecular weight excluding hydrogens is 132 g/mol. The van der Waals surface area contributed by atoms with Gasteiger partial charge in [0.25, 0.3) is 0 Å². The molecule has 0 saturated heterocycles. The van der Waals surface area contributed by atoms with Crippen LogP contribution in [0.15, 0.2) is 0 Å². The Labute approximate surface area is 71.4 Å². The molecule has 1 aliphatic carbocycles. The van der Waals surface area contributed by atoms with Crippen LogP contribution in [0.2, 0.25) is 0 Å². The summed E-state index contributed by atoms with van der Waals surface area (Å²) in [4.78, 5) is 0. The van der Waals surface area contributed by atoms with Crippen LogP contribution in [0.1, 0.15) is 58.8 Å². The van der Waals surface area contributed by atoms with E-state index < -0.39 is 0 Å². The lowest BCUT2D eigenvalue weighted by Gasteiger charge is -2.15. The Balaban J connectivity index is 2.20. The lowest BCUT2D eigenvalue weighted by atomic mass is 9.91. The second-order valence-corrected chi connectivity index (χ2v) is 4.27. The number of hydrogen-bond acceptors (Lipinski definition) is 0. The SMILES string of the molecule is C[C](C)CC1CCCCCC1. The summed E-state index contributed by atoms with van der Waals surface area (Å²) in [5, 5.41) is 0. The van der Waals surface area contributed by atoms with Crippen molar-refractivity contribution in [2.24, 2.45) is 5.92 Å². The quantitative estimate of drug-likeness (QED) is 0.527. The monoisotopic (exact) mass is 153 g/mol. The van der Waals surface area contributed by atoms with Gasteiger partial charge in [0.2, 0.25) is 0 Å². The molecule has 11 heavy (non-hydrogen) atoms. The normalized spacial score (nSPS) is 22.1. The van der Waals surface area contributed by atoms with E-state index in [0.29, 0.717) is 0 Å². The second-order valence-electron chi connectivity index (χ2n) is 4.27. The van der Waals surface area contributed by atoms with Crippen LogP contribution in [0.4, 0.5) is 0 Å². The highest BCUT2D eigenvalue weighted by molar-refractivity contribution is 4.81. The first-order valence-corrected chi connectivity index (χ1v) is 5.08. The summed E-state index contributed by atoms with van der Waals surface area (Å²) >= 11 is 0. The molecule has 1 radical (unpaired) electrons. The highest BCUT2D eigenvalue weighted by atomic mass is 14.2. The van der Waals surface area contributed by atoms with Crippen LogP contribution < -0.4 is 0 Å². The van der Waals surface area contributed by atoms with Gasteiger partial charge in [-0.05, 0) is 18.3 Å². The minimum atomic E-state index is 1.03. The first-order chi connectivity index (χ1) is 5.29. The van der Waals surface area contributed by atoms with Crippen molar-refractivity contribution in [1.29, 1.82) is 0 Å². The fourth-order valence-corrected chi connectivity index (χ4v) is 2.15. The predicted molar refractivity (Wildman–Crippen MR) is 50.4 cm³/mol. The highest BCUT2D eigenvalue weighted by Gasteiger charge is 2.12. The van der Waals surface area contributed by atoms with Crippen LogP contribution in [-0.4, -0.2) is 0 Å². The maximum Gasteiger partial charge on any atom is -0.0300 e. The Morgan fingerprint density at radius 3 is 2.00 bits per heavy atom. The average Bonchev–Trinajstić information content (AvgIpc) is 2.14. The zero-order valence-corrected chi connectivity index (χ0v) is 8.03. The van der Waals surface area contributed by atoms with Gasteiger partial charge in [-0.1, -0.05) is 52.4 Å². The van der Waals surface area contributed by atoms with E-state index in [-0.39, 0.29) is 0 Å². The maximum absolute atomic E-state index is 2.27. The van der Waals surface area contributed by atoms with Crippen LogP contribution in [0.5, 0.6) is 0 Å². The van der Waals surface area contributed by atoms with Crippen molar-refractivity contribution in [2.45, 2.75) is 58.8 Å². The molecule has 1 rings (SSSR count). The molecule has 65 valence electrons. The standard InChI is InChI=1S/C11H21/c1-10(2)9-11-7-5-3-4-6-8-11/h11H,3-9H2,1-2H3. The molecule has 1 saturated carbocycles. The van der Waals surface area contributed by atoms with E-state index in [2.05, 4.69) is 13.8 Å². The minimum Gasteiger partial charge on any atom is -0.0594 e. The molecule has 0 nitrogen and oxygen atoms in total. The largest absolute Gasteiger partial charge is 0.0594 e. The van der Waals surface area contributed by atoms with Crippen LogP contribution >= 0.6 is 0 Å². The Bertz CT molecular complexity index is 86.2. The summed E-state index contributed by atoms with van der Waals surface area (Å²) in [5.41, 5.74) is 0. The third kappa shape index (κ3) is 3.79. The van der Waals surface area contributed by atoms with Gasteiger partial charge in [-0.3, -0.25) is 0 Å². The Kier molecular flexibility index (Phi) is 3.96. The molecule has 0 heterocycles. The van der Waals surface area contributed by atoms with Crippen molar-refractivity contribution in [3.63, 3.8) is 0 Å². The van der Waals surface area contributed by atoms with Gasteiger partial charge in [0.1, 0.15) is 0 Å². The van der Waals surface area contributed by atoms with Crippen LogP contribution in [0.25, 0.3) is 0 Å². The van der Waals surface area contributed by atoms with Crippen LogP contribution in [-0.2, 0) is 0 Å². The molecule has 1 fully saturated rings. The fraction of sp³-hybridized carbons (Fsp3) is 0.909. The zero-order chi connectivity index (χ0) is 8.10. The Morgan fingerprint density at radius 2 is 1.55 bits per heavy atom. The van der Waals surface area contributed by atoms with Gasteiger partial charge < -0.3 is 0 Å². The molecule has 0 bridgehead atoms. The zero-order valence-electron chi connectivity index (χ0n) is 8.03. The summed E-state index contributed by atoms with van der Waals surface area (Å²) < 4.78 is 0. The molecule has 0 atom stereocenters. The van der Waals surface area contributed by atoms with Gasteiger partial charge in [-0.2, -0.15) is 0 Å². The molecule has 0 N–H and O–H groups in total. The predicted octanol–water partition coefficient (Wildman–Crippen LogP) is 3.96. The highest BCUT2D eigenvalue weighted by Crippen LogP contribution is 2.28. The van der Waals surface area contributed by atoms with E-state index in [1.54, 1.807) is 5.92 Å². The van der Waals surface area contributed by atoms with Crippen molar-refractivity contribution in [3.05, 3.63) is 5.92 Å². The van der Waals surface area contributed by atoms with E-state index >= 15 is 0 Å². The first kappa shape index (κ1) is 9.09. The average molecular weight is 153 g/mol. The van der Waals surface area contributed by atoms with Gasteiger partial charge in [0.05, 0.1) is 0 Å². The van der Waals surface area contributed by atoms with Crippen molar-refractivity contribution in [1.82, 2.24) is 0 Å². The third-order valence-corrected chi connectivity index (χ3v) is 2.67. The number of hydrogen-bond donors (Lipinski definition) is 0. The topological polar surface area (TPSA) is 0 Å². The minimum absolute atomic E-state index is 1.03. The van der Waals surface area contributed by atoms with Crippen molar-refractivity contribution in [3.8, 4) is 0 Å². The van der Waals surface area contributed by atoms with E-state index in [4.69, 9.17) is 0 Å². The summed E-state index contributed by atoms with van der Waals surface area (Å²) in [6.07, 6.45) is 10.3. The van der Waals surface area contributed by atoms with E-state index in [9.17, 15) is 0 Å². The Morgan fingerprint density at radius 1 is 1.00 bits per heavy atom. The van der Waals surface area contributed by atoms with Crippen molar-refractivity contribution in [2.75, 3.05) is 0 Å². The summed E-state index contributed by atoms with van der Waals surface area (Å²) in [7, 11) is 0. The van der Waals surface area contributed by atoms with Crippen LogP contribution in [0.3, 0.4) is 0 Å². The number of rotatable bonds is 2. The molecular formula is C11H21. The lowest BCUT2D eigenvalue weighted by molar-refractivity contribution is 0.437. The molecule has 0 aromatic rings. The van der Waals surface area contributed by atoms with E-state index in [1.807, 2.05) is 0 Å². The smallest absolute Gasteiger partial charge is 0.0300 e. The molecule has 0 amide bonds. The Hall–Kier alpha value is 0. The molecule has 0 heteroatoms. The van der Waals surface area contributed by atoms with Gasteiger partial charge in [-0.25, -0.2) is 0 Å². The van der Waals surface area contributed by atoms with Gasteiger partial charge in [0.15, 0.2) is 0 Å². The van der Waals surface area contributed by atoms with Crippen molar-refractivity contribution < 1.29 is 0 Å². The van der Waals surface area contributed by atoms with Crippen LogP contribution in [0, 0.1) is 11.8 Å². The van der Waals surface area contributed by atoms with E-state index in [1.165, 1.54) is 44.9 Å². The molecule has 0 aromatic heterocycles. The molecule has 0 spiro atoms. The molecule has 1 aliphatic rings. The summed E-state index contributed by atoms with van der Waals surface area (Å²) in [5.74, 6) is 2.65.